The summed E-state index contributed by atoms with van der Waals surface area (Å²) in [6, 6.07) is 62.6. The van der Waals surface area contributed by atoms with Crippen molar-refractivity contribution in [3.63, 3.8) is 0 Å². The summed E-state index contributed by atoms with van der Waals surface area (Å²) >= 11 is -1.79. The van der Waals surface area contributed by atoms with Crippen LogP contribution in [0.1, 0.15) is 19.4 Å². The van der Waals surface area contributed by atoms with Crippen LogP contribution in [-0.4, -0.2) is 0 Å². The van der Waals surface area contributed by atoms with E-state index in [4.69, 9.17) is 32.8 Å². The number of hydrogen-bond donors (Lipinski definition) is 0. The van der Waals surface area contributed by atoms with Crippen LogP contribution in [0.4, 0.5) is 0 Å². The van der Waals surface area contributed by atoms with Gasteiger partial charge in [-0.2, -0.15) is 5.26 Å². The van der Waals surface area contributed by atoms with Crippen molar-refractivity contribution in [1.82, 2.24) is 0 Å². The van der Waals surface area contributed by atoms with E-state index in [9.17, 15) is 0 Å². The van der Waals surface area contributed by atoms with Crippen molar-refractivity contribution in [1.29, 1.82) is 5.26 Å². The third-order valence-corrected chi connectivity index (χ3v) is 13.1. The molecular formula is C42H35AuCl3NP2. The van der Waals surface area contributed by atoms with Crippen molar-refractivity contribution < 1.29 is 15.2 Å². The Morgan fingerprint density at radius 3 is 1.16 bits per heavy atom. The molecule has 0 fully saturated rings. The maximum atomic E-state index is 7.32. The number of halogens is 3. The van der Waals surface area contributed by atoms with Gasteiger partial charge in [0.25, 0.3) is 0 Å². The Labute approximate surface area is 310 Å². The van der Waals surface area contributed by atoms with Gasteiger partial charge in [0, 0.05) is 17.5 Å². The van der Waals surface area contributed by atoms with Gasteiger partial charge in [-0.25, -0.2) is 0 Å². The third kappa shape index (κ3) is 9.04. The number of fused-ring (bicyclic) bond motifs is 2. The fourth-order valence-corrected chi connectivity index (χ4v) is 11.4. The summed E-state index contributed by atoms with van der Waals surface area (Å²) < 4.78 is 0. The summed E-state index contributed by atoms with van der Waals surface area (Å²) in [6.45, 7) is 3.73. The SMILES string of the molecule is CC#N.CCc1cccc2c(P(c3ccccc3)c3ccccc3)c3ccccc3c(P(c3ccccc3)c3ccccc3)c12.[Cl][Au]([Cl])[Cl]. The van der Waals surface area contributed by atoms with Crippen LogP contribution >= 0.6 is 43.4 Å². The van der Waals surface area contributed by atoms with Gasteiger partial charge in [-0.05, 0) is 70.6 Å². The van der Waals surface area contributed by atoms with E-state index >= 15 is 0 Å². The number of nitrogens with zero attached hydrogens (tertiary/aromatic N) is 1. The van der Waals surface area contributed by atoms with E-state index in [2.05, 4.69) is 171 Å². The Bertz CT molecular complexity index is 2040. The first-order valence-electron chi connectivity index (χ1n) is 15.7. The van der Waals surface area contributed by atoms with Crippen molar-refractivity contribution in [2.45, 2.75) is 20.3 Å². The van der Waals surface area contributed by atoms with Gasteiger partial charge in [-0.15, -0.1) is 0 Å². The molecule has 7 rings (SSSR count). The molecule has 0 aliphatic heterocycles. The summed E-state index contributed by atoms with van der Waals surface area (Å²) in [7, 11) is 13.3. The van der Waals surface area contributed by atoms with E-state index in [1.54, 1.807) is 6.07 Å². The topological polar surface area (TPSA) is 23.8 Å². The minimum absolute atomic E-state index is 0.796. The number of rotatable bonds is 7. The van der Waals surface area contributed by atoms with Gasteiger partial charge in [0.05, 0.1) is 6.07 Å². The Balaban J connectivity index is 0.000000615. The Kier molecular flexibility index (Phi) is 14.3. The number of aryl methyl sites for hydroxylation is 1. The van der Waals surface area contributed by atoms with Crippen molar-refractivity contribution in [2.75, 3.05) is 0 Å². The molecule has 0 bridgehead atoms. The minimum atomic E-state index is -1.79. The molecule has 0 aliphatic carbocycles. The van der Waals surface area contributed by atoms with Crippen LogP contribution in [0, 0.1) is 11.3 Å². The molecular weight excluding hydrogens is 884 g/mol. The quantitative estimate of drug-likeness (QED) is 0.0888. The molecule has 0 amide bonds. The zero-order valence-corrected chi connectivity index (χ0v) is 33.3. The summed E-state index contributed by atoms with van der Waals surface area (Å²) in [5.74, 6) is 0. The monoisotopic (exact) mass is 917 g/mol. The first-order valence-corrected chi connectivity index (χ1v) is 26.4. The molecule has 0 atom stereocenters. The second kappa shape index (κ2) is 18.9. The van der Waals surface area contributed by atoms with Crippen molar-refractivity contribution in [3.8, 4) is 6.07 Å². The average Bonchev–Trinajstić information content (AvgIpc) is 3.14. The van der Waals surface area contributed by atoms with Crippen LogP contribution in [0.3, 0.4) is 0 Å². The van der Waals surface area contributed by atoms with Crippen molar-refractivity contribution in [2.24, 2.45) is 0 Å². The zero-order chi connectivity index (χ0) is 34.6. The van der Waals surface area contributed by atoms with Gasteiger partial charge < -0.3 is 0 Å². The fraction of sp³-hybridized carbons (Fsp3) is 0.0714. The van der Waals surface area contributed by atoms with Crippen molar-refractivity contribution in [3.05, 3.63) is 169 Å². The molecule has 49 heavy (non-hydrogen) atoms. The van der Waals surface area contributed by atoms with Gasteiger partial charge in [0.15, 0.2) is 0 Å². The molecule has 7 heteroatoms. The van der Waals surface area contributed by atoms with Gasteiger partial charge in [-0.1, -0.05) is 171 Å². The number of benzene rings is 7. The molecule has 7 aromatic carbocycles. The van der Waals surface area contributed by atoms with Crippen LogP contribution in [0.2, 0.25) is 0 Å². The Hall–Kier alpha value is -2.98. The normalized spacial score (nSPS) is 10.9. The molecule has 0 aromatic heterocycles. The molecule has 0 heterocycles. The van der Waals surface area contributed by atoms with E-state index in [1.807, 2.05) is 0 Å². The van der Waals surface area contributed by atoms with E-state index in [-0.39, 0.29) is 0 Å². The number of nitriles is 1. The first-order chi connectivity index (χ1) is 24.0. The average molecular weight is 919 g/mol. The molecule has 0 saturated heterocycles. The predicted molar refractivity (Wildman–Crippen MR) is 217 cm³/mol. The van der Waals surface area contributed by atoms with E-state index in [0.717, 1.165) is 6.42 Å². The van der Waals surface area contributed by atoms with Crippen LogP contribution in [0.5, 0.6) is 0 Å². The predicted octanol–water partition coefficient (Wildman–Crippen LogP) is 10.7. The molecule has 250 valence electrons. The van der Waals surface area contributed by atoms with Gasteiger partial charge >= 0.3 is 42.8 Å². The molecule has 1 nitrogen and oxygen atoms in total. The van der Waals surface area contributed by atoms with E-state index < -0.39 is 31.0 Å². The summed E-state index contributed by atoms with van der Waals surface area (Å²) in [5.41, 5.74) is 1.42. The molecule has 7 aromatic rings. The fourth-order valence-electron chi connectivity index (χ4n) is 6.14. The van der Waals surface area contributed by atoms with E-state index in [1.165, 1.54) is 65.9 Å². The molecule has 0 saturated carbocycles. The van der Waals surface area contributed by atoms with Crippen molar-refractivity contribution >= 4 is 96.8 Å². The third-order valence-electron chi connectivity index (χ3n) is 7.97. The molecule has 0 radical (unpaired) electrons. The molecule has 0 unspecified atom stereocenters. The summed E-state index contributed by atoms with van der Waals surface area (Å²) in [6.07, 6.45) is 0.990. The van der Waals surface area contributed by atoms with Gasteiger partial charge in [-0.3, -0.25) is 0 Å². The summed E-state index contributed by atoms with van der Waals surface area (Å²) in [5, 5.41) is 21.4. The van der Waals surface area contributed by atoms with Crippen LogP contribution in [0.25, 0.3) is 21.5 Å². The second-order valence-corrected chi connectivity index (χ2v) is 24.5. The second-order valence-electron chi connectivity index (χ2n) is 10.8. The molecule has 0 N–H and O–H groups in total. The standard InChI is InChI=1S/C40H32P2.C2H3N.Au.3ClH/c1-2-30-18-17-29-37-38(30)40(42(33-23-11-5-12-24-33)34-25-13-6-14-26-34)36-28-16-15-27-35(36)39(37)41(31-19-7-3-8-20-31)32-21-9-4-10-22-32;1-2-3;;;;/h3-29H,2H2,1H3;1H3;;3*1H/q;;+3;;;/p-3. The maximum absolute atomic E-state index is 7.32. The van der Waals surface area contributed by atoms with E-state index in [0.29, 0.717) is 0 Å². The number of hydrogen-bond acceptors (Lipinski definition) is 1. The van der Waals surface area contributed by atoms with Crippen LogP contribution in [-0.2, 0) is 21.6 Å². The first kappa shape index (κ1) is 37.3. The van der Waals surface area contributed by atoms with Crippen LogP contribution in [0.15, 0.2) is 164 Å². The Morgan fingerprint density at radius 1 is 0.490 bits per heavy atom. The zero-order valence-electron chi connectivity index (χ0n) is 27.1. The molecule has 0 spiro atoms. The van der Waals surface area contributed by atoms with Crippen LogP contribution < -0.4 is 31.8 Å². The van der Waals surface area contributed by atoms with Gasteiger partial charge in [0.2, 0.25) is 0 Å². The van der Waals surface area contributed by atoms with Gasteiger partial charge in [0.1, 0.15) is 0 Å². The summed E-state index contributed by atoms with van der Waals surface area (Å²) in [4.78, 5) is 0. The Morgan fingerprint density at radius 2 is 0.796 bits per heavy atom. The molecule has 0 aliphatic rings.